The smallest absolute Gasteiger partial charge is 0.254 e. The lowest BCUT2D eigenvalue weighted by atomic mass is 10.2. The number of rotatable bonds is 3. The molecule has 0 aliphatic carbocycles. The number of hydrogen-bond acceptors (Lipinski definition) is 6. The van der Waals surface area contributed by atoms with Crippen LogP contribution in [0.15, 0.2) is 41.6 Å². The summed E-state index contributed by atoms with van der Waals surface area (Å²) in [4.78, 5) is 24.7. The molecular formula is C16H17ClN4O3S. The maximum atomic E-state index is 12.6. The minimum Gasteiger partial charge on any atom is -0.352 e. The SMILES string of the molecule is CS(=O)(=O)c1cccc(C(=O)N2CCN(c3cncc(Cl)n3)CC2)c1. The third-order valence-electron chi connectivity index (χ3n) is 3.99. The van der Waals surface area contributed by atoms with E-state index in [1.54, 1.807) is 23.2 Å². The fourth-order valence-corrected chi connectivity index (χ4v) is 3.48. The van der Waals surface area contributed by atoms with Crippen molar-refractivity contribution in [1.82, 2.24) is 14.9 Å². The Morgan fingerprint density at radius 3 is 2.52 bits per heavy atom. The second-order valence-corrected chi connectivity index (χ2v) is 8.18. The molecule has 0 radical (unpaired) electrons. The van der Waals surface area contributed by atoms with Gasteiger partial charge in [-0.2, -0.15) is 0 Å². The van der Waals surface area contributed by atoms with Gasteiger partial charge in [0.15, 0.2) is 9.84 Å². The molecule has 0 saturated carbocycles. The highest BCUT2D eigenvalue weighted by atomic mass is 35.5. The first kappa shape index (κ1) is 17.6. The van der Waals surface area contributed by atoms with Gasteiger partial charge in [0.2, 0.25) is 0 Å². The number of benzene rings is 1. The van der Waals surface area contributed by atoms with E-state index in [0.29, 0.717) is 42.7 Å². The number of carbonyl (C=O) groups is 1. The van der Waals surface area contributed by atoms with Crippen molar-refractivity contribution in [3.8, 4) is 0 Å². The van der Waals surface area contributed by atoms with Gasteiger partial charge in [-0.3, -0.25) is 9.78 Å². The van der Waals surface area contributed by atoms with Gasteiger partial charge in [0, 0.05) is 38.0 Å². The van der Waals surface area contributed by atoms with Crippen molar-refractivity contribution in [1.29, 1.82) is 0 Å². The summed E-state index contributed by atoms with van der Waals surface area (Å²) in [6, 6.07) is 6.13. The zero-order chi connectivity index (χ0) is 18.0. The molecule has 1 saturated heterocycles. The summed E-state index contributed by atoms with van der Waals surface area (Å²) in [6.07, 6.45) is 4.24. The molecule has 25 heavy (non-hydrogen) atoms. The fourth-order valence-electron chi connectivity index (χ4n) is 2.67. The van der Waals surface area contributed by atoms with Crippen molar-refractivity contribution < 1.29 is 13.2 Å². The molecule has 132 valence electrons. The molecule has 1 aliphatic heterocycles. The van der Waals surface area contributed by atoms with Gasteiger partial charge in [-0.1, -0.05) is 17.7 Å². The monoisotopic (exact) mass is 380 g/mol. The molecule has 0 bridgehead atoms. The average Bonchev–Trinajstić information content (AvgIpc) is 2.61. The van der Waals surface area contributed by atoms with Crippen molar-refractivity contribution >= 4 is 33.2 Å². The molecule has 7 nitrogen and oxygen atoms in total. The molecule has 2 heterocycles. The van der Waals surface area contributed by atoms with Crippen LogP contribution in [0.1, 0.15) is 10.4 Å². The molecule has 9 heteroatoms. The third kappa shape index (κ3) is 4.08. The van der Waals surface area contributed by atoms with Gasteiger partial charge >= 0.3 is 0 Å². The number of nitrogens with zero attached hydrogens (tertiary/aromatic N) is 4. The lowest BCUT2D eigenvalue weighted by Crippen LogP contribution is -2.49. The second-order valence-electron chi connectivity index (χ2n) is 5.78. The molecule has 1 aromatic carbocycles. The lowest BCUT2D eigenvalue weighted by Gasteiger charge is -2.35. The maximum Gasteiger partial charge on any atom is 0.254 e. The van der Waals surface area contributed by atoms with Gasteiger partial charge < -0.3 is 9.80 Å². The number of aromatic nitrogens is 2. The number of piperazine rings is 1. The van der Waals surface area contributed by atoms with E-state index in [9.17, 15) is 13.2 Å². The zero-order valence-electron chi connectivity index (χ0n) is 13.6. The summed E-state index contributed by atoms with van der Waals surface area (Å²) in [5.41, 5.74) is 0.374. The number of hydrogen-bond donors (Lipinski definition) is 0. The molecule has 0 atom stereocenters. The van der Waals surface area contributed by atoms with Crippen molar-refractivity contribution in [2.45, 2.75) is 4.90 Å². The molecule has 1 amide bonds. The van der Waals surface area contributed by atoms with E-state index in [1.165, 1.54) is 18.3 Å². The van der Waals surface area contributed by atoms with Crippen molar-refractivity contribution in [2.75, 3.05) is 37.3 Å². The topological polar surface area (TPSA) is 83.5 Å². The number of amides is 1. The zero-order valence-corrected chi connectivity index (χ0v) is 15.2. The van der Waals surface area contributed by atoms with Gasteiger partial charge in [-0.25, -0.2) is 13.4 Å². The lowest BCUT2D eigenvalue weighted by molar-refractivity contribution is 0.0746. The molecule has 1 fully saturated rings. The first-order valence-electron chi connectivity index (χ1n) is 7.66. The predicted octanol–water partition coefficient (Wildman–Crippen LogP) is 1.50. The molecule has 1 aliphatic rings. The van der Waals surface area contributed by atoms with Crippen LogP contribution < -0.4 is 4.90 Å². The summed E-state index contributed by atoms with van der Waals surface area (Å²) in [5.74, 6) is 0.501. The molecular weight excluding hydrogens is 364 g/mol. The van der Waals surface area contributed by atoms with Gasteiger partial charge in [0.1, 0.15) is 11.0 Å². The van der Waals surface area contributed by atoms with Gasteiger partial charge in [-0.05, 0) is 18.2 Å². The van der Waals surface area contributed by atoms with E-state index in [0.717, 1.165) is 6.26 Å². The standard InChI is InChI=1S/C16H17ClN4O3S/c1-25(23,24)13-4-2-3-12(9-13)16(22)21-7-5-20(6-8-21)15-11-18-10-14(17)19-15/h2-4,9-11H,5-8H2,1H3. The number of carbonyl (C=O) groups excluding carboxylic acids is 1. The van der Waals surface area contributed by atoms with Crippen LogP contribution in [0, 0.1) is 0 Å². The summed E-state index contributed by atoms with van der Waals surface area (Å²) in [7, 11) is -3.35. The van der Waals surface area contributed by atoms with E-state index < -0.39 is 9.84 Å². The second kappa shape index (κ2) is 6.97. The van der Waals surface area contributed by atoms with E-state index in [4.69, 9.17) is 11.6 Å². The third-order valence-corrected chi connectivity index (χ3v) is 5.28. The van der Waals surface area contributed by atoms with Crippen LogP contribution in [0.2, 0.25) is 5.15 Å². The normalized spacial score (nSPS) is 15.3. The van der Waals surface area contributed by atoms with Crippen LogP contribution in [0.4, 0.5) is 5.82 Å². The number of anilines is 1. The van der Waals surface area contributed by atoms with Gasteiger partial charge in [-0.15, -0.1) is 0 Å². The Morgan fingerprint density at radius 1 is 1.16 bits per heavy atom. The van der Waals surface area contributed by atoms with Crippen LogP contribution in [0.5, 0.6) is 0 Å². The highest BCUT2D eigenvalue weighted by Crippen LogP contribution is 2.17. The minimum absolute atomic E-state index is 0.145. The fraction of sp³-hybridized carbons (Fsp3) is 0.312. The van der Waals surface area contributed by atoms with Crippen LogP contribution in [0.25, 0.3) is 0 Å². The Morgan fingerprint density at radius 2 is 1.88 bits per heavy atom. The van der Waals surface area contributed by atoms with E-state index >= 15 is 0 Å². The van der Waals surface area contributed by atoms with Gasteiger partial charge in [0.05, 0.1) is 17.3 Å². The number of sulfone groups is 1. The molecule has 0 N–H and O–H groups in total. The first-order valence-corrected chi connectivity index (χ1v) is 9.93. The molecule has 2 aromatic rings. The minimum atomic E-state index is -3.35. The summed E-state index contributed by atoms with van der Waals surface area (Å²) in [5, 5.41) is 0.327. The molecule has 3 rings (SSSR count). The van der Waals surface area contributed by atoms with Crippen molar-refractivity contribution in [2.24, 2.45) is 0 Å². The van der Waals surface area contributed by atoms with Crippen LogP contribution in [0.3, 0.4) is 0 Å². The Balaban J connectivity index is 1.70. The summed E-state index contributed by atoms with van der Waals surface area (Å²) < 4.78 is 23.3. The Labute approximate surface area is 151 Å². The van der Waals surface area contributed by atoms with E-state index in [-0.39, 0.29) is 10.8 Å². The first-order chi connectivity index (χ1) is 11.8. The molecule has 0 unspecified atom stereocenters. The summed E-state index contributed by atoms with van der Waals surface area (Å²) >= 11 is 5.86. The van der Waals surface area contributed by atoms with Crippen molar-refractivity contribution in [3.05, 3.63) is 47.4 Å². The molecule has 1 aromatic heterocycles. The van der Waals surface area contributed by atoms with Crippen LogP contribution in [-0.2, 0) is 9.84 Å². The van der Waals surface area contributed by atoms with Crippen molar-refractivity contribution in [3.63, 3.8) is 0 Å². The predicted molar refractivity (Wildman–Crippen MR) is 94.7 cm³/mol. The Hall–Kier alpha value is -2.19. The average molecular weight is 381 g/mol. The highest BCUT2D eigenvalue weighted by molar-refractivity contribution is 7.90. The highest BCUT2D eigenvalue weighted by Gasteiger charge is 2.23. The van der Waals surface area contributed by atoms with E-state index in [2.05, 4.69) is 9.97 Å². The Kier molecular flexibility index (Phi) is 4.91. The summed E-state index contributed by atoms with van der Waals surface area (Å²) in [6.45, 7) is 2.23. The molecule has 0 spiro atoms. The van der Waals surface area contributed by atoms with Crippen LogP contribution >= 0.6 is 11.6 Å². The maximum absolute atomic E-state index is 12.6. The van der Waals surface area contributed by atoms with Gasteiger partial charge in [0.25, 0.3) is 5.91 Å². The quantitative estimate of drug-likeness (QED) is 0.802. The Bertz CT molecular complexity index is 896. The van der Waals surface area contributed by atoms with Crippen LogP contribution in [-0.4, -0.2) is 61.6 Å². The largest absolute Gasteiger partial charge is 0.352 e. The number of halogens is 1. The van der Waals surface area contributed by atoms with E-state index in [1.807, 2.05) is 4.90 Å².